The molecule has 0 amide bonds. The quantitative estimate of drug-likeness (QED) is 0.741. The second kappa shape index (κ2) is 6.12. The van der Waals surface area contributed by atoms with Gasteiger partial charge in [-0.25, -0.2) is 4.98 Å². The van der Waals surface area contributed by atoms with Crippen molar-refractivity contribution < 1.29 is 4.74 Å². The van der Waals surface area contributed by atoms with Crippen molar-refractivity contribution in [3.8, 4) is 0 Å². The van der Waals surface area contributed by atoms with E-state index in [1.807, 2.05) is 25.1 Å². The summed E-state index contributed by atoms with van der Waals surface area (Å²) in [4.78, 5) is 6.54. The van der Waals surface area contributed by atoms with E-state index < -0.39 is 0 Å². The Morgan fingerprint density at radius 2 is 2.31 bits per heavy atom. The number of hydrogen-bond acceptors (Lipinski definition) is 4. The van der Waals surface area contributed by atoms with Crippen LogP contribution in [0.2, 0.25) is 0 Å². The lowest BCUT2D eigenvalue weighted by Crippen LogP contribution is -2.28. The van der Waals surface area contributed by atoms with Gasteiger partial charge in [-0.3, -0.25) is 0 Å². The van der Waals surface area contributed by atoms with Crippen LogP contribution in [0.4, 0.5) is 11.5 Å². The molecule has 0 spiro atoms. The summed E-state index contributed by atoms with van der Waals surface area (Å²) in [5, 5.41) is 0. The predicted octanol–water partition coefficient (Wildman–Crippen LogP) is 1.61. The molecule has 1 heterocycles. The van der Waals surface area contributed by atoms with E-state index >= 15 is 0 Å². The van der Waals surface area contributed by atoms with Gasteiger partial charge in [0.1, 0.15) is 5.82 Å². The first-order valence-electron chi connectivity index (χ1n) is 5.27. The van der Waals surface area contributed by atoms with Gasteiger partial charge in [0.2, 0.25) is 0 Å². The number of methoxy groups -OCH3 is 1. The molecule has 16 heavy (non-hydrogen) atoms. The van der Waals surface area contributed by atoms with Crippen molar-refractivity contribution in [3.63, 3.8) is 0 Å². The molecule has 2 N–H and O–H groups in total. The third kappa shape index (κ3) is 3.24. The average Bonchev–Trinajstić information content (AvgIpc) is 2.28. The molecule has 0 bridgehead atoms. The lowest BCUT2D eigenvalue weighted by molar-refractivity contribution is 0.205. The van der Waals surface area contributed by atoms with Gasteiger partial charge in [-0.2, -0.15) is 0 Å². The van der Waals surface area contributed by atoms with Gasteiger partial charge in [0.05, 0.1) is 18.0 Å². The van der Waals surface area contributed by atoms with Crippen LogP contribution in [0, 0.1) is 6.92 Å². The van der Waals surface area contributed by atoms with E-state index in [1.54, 1.807) is 7.11 Å². The van der Waals surface area contributed by atoms with Crippen molar-refractivity contribution >= 4 is 11.5 Å². The van der Waals surface area contributed by atoms with Crippen molar-refractivity contribution in [1.82, 2.24) is 4.98 Å². The average molecular weight is 221 g/mol. The Morgan fingerprint density at radius 1 is 1.56 bits per heavy atom. The van der Waals surface area contributed by atoms with E-state index in [9.17, 15) is 0 Å². The largest absolute Gasteiger partial charge is 0.397 e. The summed E-state index contributed by atoms with van der Waals surface area (Å²) in [6.07, 6.45) is 1.85. The second-order valence-corrected chi connectivity index (χ2v) is 3.57. The lowest BCUT2D eigenvalue weighted by Gasteiger charge is -2.22. The number of nitrogen functional groups attached to an aromatic ring is 1. The summed E-state index contributed by atoms with van der Waals surface area (Å²) in [6.45, 7) is 7.85. The van der Waals surface area contributed by atoms with Crippen molar-refractivity contribution in [1.29, 1.82) is 0 Å². The molecule has 4 heteroatoms. The van der Waals surface area contributed by atoms with E-state index in [0.717, 1.165) is 24.6 Å². The fourth-order valence-electron chi connectivity index (χ4n) is 1.39. The maximum absolute atomic E-state index is 5.74. The summed E-state index contributed by atoms with van der Waals surface area (Å²) < 4.78 is 5.07. The molecule has 0 fully saturated rings. The van der Waals surface area contributed by atoms with Crippen molar-refractivity contribution in [2.24, 2.45) is 0 Å². The first kappa shape index (κ1) is 12.5. The molecule has 1 aromatic rings. The van der Waals surface area contributed by atoms with E-state index in [-0.39, 0.29) is 0 Å². The van der Waals surface area contributed by atoms with E-state index in [2.05, 4.69) is 16.5 Å². The fourth-order valence-corrected chi connectivity index (χ4v) is 1.39. The minimum atomic E-state index is 0.666. The number of ether oxygens (including phenoxy) is 1. The number of nitrogens with two attached hydrogens (primary N) is 1. The SMILES string of the molecule is C=CCN(CCOC)c1ccc(N)c(C)n1. The van der Waals surface area contributed by atoms with Crippen LogP contribution in [0.5, 0.6) is 0 Å². The minimum Gasteiger partial charge on any atom is -0.397 e. The highest BCUT2D eigenvalue weighted by Crippen LogP contribution is 2.15. The zero-order valence-electron chi connectivity index (χ0n) is 9.94. The smallest absolute Gasteiger partial charge is 0.129 e. The van der Waals surface area contributed by atoms with Gasteiger partial charge in [-0.1, -0.05) is 6.08 Å². The highest BCUT2D eigenvalue weighted by molar-refractivity contribution is 5.50. The molecule has 4 nitrogen and oxygen atoms in total. The number of anilines is 2. The summed E-state index contributed by atoms with van der Waals surface area (Å²) in [7, 11) is 1.69. The number of rotatable bonds is 6. The lowest BCUT2D eigenvalue weighted by atomic mass is 10.3. The normalized spacial score (nSPS) is 10.1. The molecule has 1 rings (SSSR count). The van der Waals surface area contributed by atoms with Crippen LogP contribution in [0.1, 0.15) is 5.69 Å². The van der Waals surface area contributed by atoms with Crippen LogP contribution >= 0.6 is 0 Å². The van der Waals surface area contributed by atoms with Gasteiger partial charge in [0, 0.05) is 20.2 Å². The number of aryl methyl sites for hydroxylation is 1. The van der Waals surface area contributed by atoms with Crippen molar-refractivity contribution in [3.05, 3.63) is 30.5 Å². The Labute approximate surface area is 96.7 Å². The van der Waals surface area contributed by atoms with Crippen molar-refractivity contribution in [2.75, 3.05) is 37.4 Å². The number of pyridine rings is 1. The van der Waals surface area contributed by atoms with Gasteiger partial charge >= 0.3 is 0 Å². The molecule has 0 aromatic carbocycles. The maximum atomic E-state index is 5.74. The third-order valence-electron chi connectivity index (χ3n) is 2.35. The number of nitrogens with zero attached hydrogens (tertiary/aromatic N) is 2. The van der Waals surface area contributed by atoms with Crippen LogP contribution in [-0.4, -0.2) is 31.8 Å². The van der Waals surface area contributed by atoms with Gasteiger partial charge in [0.15, 0.2) is 0 Å². The molecule has 0 radical (unpaired) electrons. The molecular weight excluding hydrogens is 202 g/mol. The van der Waals surface area contributed by atoms with Crippen LogP contribution in [-0.2, 0) is 4.74 Å². The molecule has 0 atom stereocenters. The zero-order chi connectivity index (χ0) is 12.0. The molecule has 0 aliphatic heterocycles. The van der Waals surface area contributed by atoms with Gasteiger partial charge in [0.25, 0.3) is 0 Å². The molecule has 0 aliphatic rings. The molecule has 0 unspecified atom stereocenters. The third-order valence-corrected chi connectivity index (χ3v) is 2.35. The number of hydrogen-bond donors (Lipinski definition) is 1. The second-order valence-electron chi connectivity index (χ2n) is 3.57. The Kier molecular flexibility index (Phi) is 4.79. The first-order valence-corrected chi connectivity index (χ1v) is 5.27. The van der Waals surface area contributed by atoms with Crippen LogP contribution in [0.3, 0.4) is 0 Å². The van der Waals surface area contributed by atoms with E-state index in [1.165, 1.54) is 0 Å². The topological polar surface area (TPSA) is 51.4 Å². The van der Waals surface area contributed by atoms with Gasteiger partial charge in [-0.15, -0.1) is 6.58 Å². The number of aromatic nitrogens is 1. The first-order chi connectivity index (χ1) is 7.69. The Balaban J connectivity index is 2.82. The standard InChI is InChI=1S/C12H19N3O/c1-4-7-15(8-9-16-3)12-6-5-11(13)10(2)14-12/h4-6H,1,7-9,13H2,2-3H3. The molecule has 0 aliphatic carbocycles. The fraction of sp³-hybridized carbons (Fsp3) is 0.417. The van der Waals surface area contributed by atoms with Gasteiger partial charge in [-0.05, 0) is 19.1 Å². The summed E-state index contributed by atoms with van der Waals surface area (Å²) >= 11 is 0. The minimum absolute atomic E-state index is 0.666. The van der Waals surface area contributed by atoms with E-state index in [0.29, 0.717) is 12.3 Å². The summed E-state index contributed by atoms with van der Waals surface area (Å²) in [5.41, 5.74) is 7.30. The van der Waals surface area contributed by atoms with Crippen LogP contribution < -0.4 is 10.6 Å². The van der Waals surface area contributed by atoms with Crippen LogP contribution in [0.15, 0.2) is 24.8 Å². The molecule has 1 aromatic heterocycles. The Hall–Kier alpha value is -1.55. The Morgan fingerprint density at radius 3 is 2.88 bits per heavy atom. The maximum Gasteiger partial charge on any atom is 0.129 e. The zero-order valence-corrected chi connectivity index (χ0v) is 9.94. The van der Waals surface area contributed by atoms with E-state index in [4.69, 9.17) is 10.5 Å². The van der Waals surface area contributed by atoms with Crippen molar-refractivity contribution in [2.45, 2.75) is 6.92 Å². The predicted molar refractivity (Wildman–Crippen MR) is 67.7 cm³/mol. The van der Waals surface area contributed by atoms with Gasteiger partial charge < -0.3 is 15.4 Å². The molecule has 0 saturated heterocycles. The summed E-state index contributed by atoms with van der Waals surface area (Å²) in [6, 6.07) is 3.79. The highest BCUT2D eigenvalue weighted by Gasteiger charge is 2.07. The molecule has 88 valence electrons. The molecular formula is C12H19N3O. The monoisotopic (exact) mass is 221 g/mol. The highest BCUT2D eigenvalue weighted by atomic mass is 16.5. The molecule has 0 saturated carbocycles. The van der Waals surface area contributed by atoms with Crippen LogP contribution in [0.25, 0.3) is 0 Å². The summed E-state index contributed by atoms with van der Waals surface area (Å²) in [5.74, 6) is 0.906. The Bertz CT molecular complexity index is 352.